The second-order valence-electron chi connectivity index (χ2n) is 6.72. The van der Waals surface area contributed by atoms with Gasteiger partial charge in [-0.05, 0) is 25.0 Å². The van der Waals surface area contributed by atoms with E-state index in [9.17, 15) is 0 Å². The first-order valence-corrected chi connectivity index (χ1v) is 8.12. The van der Waals surface area contributed by atoms with Crippen LogP contribution in [-0.2, 0) is 17.8 Å². The van der Waals surface area contributed by atoms with Crippen LogP contribution in [0.2, 0.25) is 0 Å². The Hall–Kier alpha value is -2.13. The molecule has 0 saturated heterocycles. The summed E-state index contributed by atoms with van der Waals surface area (Å²) in [5.41, 5.74) is 2.52. The third-order valence-electron chi connectivity index (χ3n) is 3.88. The number of hydrogen-bond acceptors (Lipinski definition) is 3. The summed E-state index contributed by atoms with van der Waals surface area (Å²) in [5, 5.41) is 0. The van der Waals surface area contributed by atoms with Crippen LogP contribution in [-0.4, -0.2) is 29.5 Å². The van der Waals surface area contributed by atoms with Crippen molar-refractivity contribution in [1.29, 1.82) is 0 Å². The van der Waals surface area contributed by atoms with Crippen molar-refractivity contribution in [3.8, 4) is 0 Å². The molecule has 120 valence electrons. The number of rotatable bonds is 6. The van der Waals surface area contributed by atoms with Crippen molar-refractivity contribution in [3.05, 3.63) is 71.8 Å². The summed E-state index contributed by atoms with van der Waals surface area (Å²) >= 11 is 0. The zero-order valence-corrected chi connectivity index (χ0v) is 13.9. The third kappa shape index (κ3) is 4.67. The first-order chi connectivity index (χ1) is 11.1. The van der Waals surface area contributed by atoms with Crippen molar-refractivity contribution in [1.82, 2.24) is 4.90 Å². The zero-order chi connectivity index (χ0) is 16.1. The topological polar surface area (TPSA) is 24.8 Å². The van der Waals surface area contributed by atoms with Gasteiger partial charge in [-0.2, -0.15) is 0 Å². The largest absolute Gasteiger partial charge is 0.477 e. The molecule has 0 N–H and O–H groups in total. The van der Waals surface area contributed by atoms with Crippen LogP contribution in [0.1, 0.15) is 25.0 Å². The summed E-state index contributed by atoms with van der Waals surface area (Å²) in [6.07, 6.45) is 0. The van der Waals surface area contributed by atoms with Gasteiger partial charge in [-0.1, -0.05) is 60.7 Å². The molecule has 0 aliphatic carbocycles. The van der Waals surface area contributed by atoms with Crippen LogP contribution in [0.4, 0.5) is 0 Å². The lowest BCUT2D eigenvalue weighted by Gasteiger charge is -2.22. The van der Waals surface area contributed by atoms with Gasteiger partial charge in [-0.25, -0.2) is 4.99 Å². The Balaban J connectivity index is 1.73. The van der Waals surface area contributed by atoms with Gasteiger partial charge in [0.05, 0.1) is 12.1 Å². The molecule has 2 aromatic rings. The highest BCUT2D eigenvalue weighted by molar-refractivity contribution is 5.80. The van der Waals surface area contributed by atoms with E-state index in [2.05, 4.69) is 79.4 Å². The molecule has 0 aromatic heterocycles. The summed E-state index contributed by atoms with van der Waals surface area (Å²) in [6, 6.07) is 21.1. The van der Waals surface area contributed by atoms with E-state index < -0.39 is 0 Å². The molecule has 23 heavy (non-hydrogen) atoms. The maximum absolute atomic E-state index is 5.78. The molecule has 1 heterocycles. The Labute approximate surface area is 138 Å². The number of benzene rings is 2. The van der Waals surface area contributed by atoms with Crippen LogP contribution in [0.25, 0.3) is 0 Å². The highest BCUT2D eigenvalue weighted by Gasteiger charge is 2.27. The predicted octanol–water partition coefficient (Wildman–Crippen LogP) is 3.90. The van der Waals surface area contributed by atoms with Gasteiger partial charge in [0, 0.05) is 13.1 Å². The van der Waals surface area contributed by atoms with E-state index in [0.717, 1.165) is 25.5 Å². The molecular weight excluding hydrogens is 284 g/mol. The lowest BCUT2D eigenvalue weighted by molar-refractivity contribution is 0.241. The maximum Gasteiger partial charge on any atom is 0.198 e. The average Bonchev–Trinajstić information content (AvgIpc) is 2.88. The molecule has 0 radical (unpaired) electrons. The van der Waals surface area contributed by atoms with Crippen molar-refractivity contribution < 1.29 is 4.74 Å². The minimum absolute atomic E-state index is 0.0967. The fraction of sp³-hybridized carbons (Fsp3) is 0.350. The van der Waals surface area contributed by atoms with Gasteiger partial charge in [0.15, 0.2) is 5.90 Å². The molecule has 1 aliphatic heterocycles. The van der Waals surface area contributed by atoms with E-state index >= 15 is 0 Å². The summed E-state index contributed by atoms with van der Waals surface area (Å²) in [5.74, 6) is 0.849. The molecule has 3 heteroatoms. The van der Waals surface area contributed by atoms with Gasteiger partial charge in [0.1, 0.15) is 6.61 Å². The van der Waals surface area contributed by atoms with Gasteiger partial charge in [0.25, 0.3) is 0 Å². The van der Waals surface area contributed by atoms with Gasteiger partial charge in [-0.15, -0.1) is 0 Å². The van der Waals surface area contributed by atoms with Crippen molar-refractivity contribution in [3.63, 3.8) is 0 Å². The van der Waals surface area contributed by atoms with Crippen molar-refractivity contribution in [2.75, 3.05) is 13.2 Å². The lowest BCUT2D eigenvalue weighted by Crippen LogP contribution is -2.29. The Bertz CT molecular complexity index is 608. The molecule has 0 bridgehead atoms. The summed E-state index contributed by atoms with van der Waals surface area (Å²) < 4.78 is 5.78. The van der Waals surface area contributed by atoms with Gasteiger partial charge in [-0.3, -0.25) is 4.90 Å². The zero-order valence-electron chi connectivity index (χ0n) is 13.9. The van der Waals surface area contributed by atoms with E-state index in [1.807, 2.05) is 0 Å². The summed E-state index contributed by atoms with van der Waals surface area (Å²) in [7, 11) is 0. The molecule has 0 atom stereocenters. The van der Waals surface area contributed by atoms with Crippen LogP contribution in [0.3, 0.4) is 0 Å². The molecule has 0 fully saturated rings. The average molecular weight is 308 g/mol. The van der Waals surface area contributed by atoms with E-state index in [1.165, 1.54) is 11.1 Å². The molecule has 3 nitrogen and oxygen atoms in total. The second kappa shape index (κ2) is 6.97. The first kappa shape index (κ1) is 15.8. The number of hydrogen-bond donors (Lipinski definition) is 0. The Morgan fingerprint density at radius 2 is 1.39 bits per heavy atom. The molecule has 1 aliphatic rings. The Morgan fingerprint density at radius 1 is 0.870 bits per heavy atom. The second-order valence-corrected chi connectivity index (χ2v) is 6.72. The fourth-order valence-electron chi connectivity index (χ4n) is 2.79. The molecule has 0 unspecified atom stereocenters. The van der Waals surface area contributed by atoms with Gasteiger partial charge in [0.2, 0.25) is 0 Å². The number of aliphatic imine (C=N–C) groups is 1. The highest BCUT2D eigenvalue weighted by Crippen LogP contribution is 2.18. The van der Waals surface area contributed by atoms with E-state index in [4.69, 9.17) is 9.73 Å². The quantitative estimate of drug-likeness (QED) is 0.808. The van der Waals surface area contributed by atoms with Crippen LogP contribution in [0.5, 0.6) is 0 Å². The minimum Gasteiger partial charge on any atom is -0.477 e. The summed E-state index contributed by atoms with van der Waals surface area (Å²) in [6.45, 7) is 7.41. The summed E-state index contributed by atoms with van der Waals surface area (Å²) in [4.78, 5) is 7.08. The monoisotopic (exact) mass is 308 g/mol. The van der Waals surface area contributed by atoms with E-state index in [1.54, 1.807) is 0 Å². The minimum atomic E-state index is -0.0967. The SMILES string of the molecule is CC1(C)COC(CN(Cc2ccccc2)Cc2ccccc2)=N1. The van der Waals surface area contributed by atoms with Crippen LogP contribution in [0, 0.1) is 0 Å². The van der Waals surface area contributed by atoms with Crippen molar-refractivity contribution in [2.24, 2.45) is 4.99 Å². The highest BCUT2D eigenvalue weighted by atomic mass is 16.5. The molecule has 0 spiro atoms. The van der Waals surface area contributed by atoms with Crippen molar-refractivity contribution in [2.45, 2.75) is 32.5 Å². The van der Waals surface area contributed by atoms with Crippen molar-refractivity contribution >= 4 is 5.90 Å². The lowest BCUT2D eigenvalue weighted by atomic mass is 10.1. The van der Waals surface area contributed by atoms with Crippen LogP contribution < -0.4 is 0 Å². The van der Waals surface area contributed by atoms with Crippen LogP contribution >= 0.6 is 0 Å². The fourth-order valence-corrected chi connectivity index (χ4v) is 2.79. The number of nitrogens with zero attached hydrogens (tertiary/aromatic N) is 2. The van der Waals surface area contributed by atoms with E-state index in [-0.39, 0.29) is 5.54 Å². The standard InChI is InChI=1S/C20H24N2O/c1-20(2)16-23-19(21-20)15-22(13-17-9-5-3-6-10-17)14-18-11-7-4-8-12-18/h3-12H,13-16H2,1-2H3. The molecule has 2 aromatic carbocycles. The Morgan fingerprint density at radius 3 is 1.83 bits per heavy atom. The third-order valence-corrected chi connectivity index (χ3v) is 3.88. The molecule has 3 rings (SSSR count). The maximum atomic E-state index is 5.78. The molecule has 0 saturated carbocycles. The van der Waals surface area contributed by atoms with Gasteiger partial charge < -0.3 is 4.74 Å². The first-order valence-electron chi connectivity index (χ1n) is 8.12. The normalized spacial score (nSPS) is 16.2. The molecule has 0 amide bonds. The van der Waals surface area contributed by atoms with E-state index in [0.29, 0.717) is 6.61 Å². The predicted molar refractivity (Wildman–Crippen MR) is 94.5 cm³/mol. The van der Waals surface area contributed by atoms with Gasteiger partial charge >= 0.3 is 0 Å². The molecular formula is C20H24N2O. The smallest absolute Gasteiger partial charge is 0.198 e. The number of ether oxygens (including phenoxy) is 1. The van der Waals surface area contributed by atoms with Crippen LogP contribution in [0.15, 0.2) is 65.7 Å². The Kier molecular flexibility index (Phi) is 4.77.